The van der Waals surface area contributed by atoms with Crippen LogP contribution in [0.25, 0.3) is 16.3 Å². The Morgan fingerprint density at radius 3 is 2.10 bits per heavy atom. The van der Waals surface area contributed by atoms with E-state index in [1.165, 1.54) is 12.1 Å². The first kappa shape index (κ1) is 29.8. The maximum absolute atomic E-state index is 11.4. The third kappa shape index (κ3) is 9.03. The number of hydrogen-bond acceptors (Lipinski definition) is 6. The molecular formula is C19H14Na3O5PS. The number of allylic oxidation sites excluding steroid dienone is 1. The molecule has 0 aliphatic carbocycles. The van der Waals surface area contributed by atoms with Gasteiger partial charge in [-0.2, -0.15) is 0 Å². The van der Waals surface area contributed by atoms with Crippen LogP contribution in [0.15, 0.2) is 76.7 Å². The Kier molecular flexibility index (Phi) is 13.7. The molecule has 0 spiro atoms. The van der Waals surface area contributed by atoms with Gasteiger partial charge in [0.15, 0.2) is 5.09 Å². The van der Waals surface area contributed by atoms with Gasteiger partial charge in [-0.05, 0) is 41.5 Å². The van der Waals surface area contributed by atoms with Crippen molar-refractivity contribution < 1.29 is 113 Å². The number of phosphoric ester groups is 1. The molecule has 0 aliphatic heterocycles. The second-order valence-electron chi connectivity index (χ2n) is 5.59. The van der Waals surface area contributed by atoms with Gasteiger partial charge < -0.3 is 24.0 Å². The summed E-state index contributed by atoms with van der Waals surface area (Å²) < 4.78 is 15.9. The Morgan fingerprint density at radius 1 is 0.897 bits per heavy atom. The fourth-order valence-electron chi connectivity index (χ4n) is 2.44. The summed E-state index contributed by atoms with van der Waals surface area (Å²) in [5.74, 6) is -0.0835. The Balaban J connectivity index is 0.00000261. The normalized spacial score (nSPS) is 11.4. The quantitative estimate of drug-likeness (QED) is 0.165. The number of rotatable bonds is 5. The maximum Gasteiger partial charge on any atom is 1.00 e. The third-order valence-electron chi connectivity index (χ3n) is 3.70. The topological polar surface area (TPSA) is 95.5 Å². The third-order valence-corrected chi connectivity index (χ3v) is 5.31. The van der Waals surface area contributed by atoms with Crippen molar-refractivity contribution in [3.63, 3.8) is 0 Å². The summed E-state index contributed by atoms with van der Waals surface area (Å²) in [5, 5.41) is 13.1. The number of benzene rings is 3. The molecule has 0 atom stereocenters. The van der Waals surface area contributed by atoms with E-state index in [0.29, 0.717) is 11.1 Å². The maximum atomic E-state index is 11.4. The Bertz CT molecular complexity index is 1020. The van der Waals surface area contributed by atoms with Crippen molar-refractivity contribution in [2.75, 3.05) is 0 Å². The fourth-order valence-corrected chi connectivity index (χ4v) is 3.98. The van der Waals surface area contributed by atoms with Crippen LogP contribution in [-0.4, -0.2) is 0 Å². The van der Waals surface area contributed by atoms with Crippen molar-refractivity contribution in [3.05, 3.63) is 77.4 Å². The summed E-state index contributed by atoms with van der Waals surface area (Å²) in [6.45, 7) is 1.68. The van der Waals surface area contributed by atoms with Crippen molar-refractivity contribution in [1.82, 2.24) is 0 Å². The van der Waals surface area contributed by atoms with Crippen LogP contribution in [0.5, 0.6) is 5.75 Å². The molecule has 29 heavy (non-hydrogen) atoms. The molecule has 0 radical (unpaired) electrons. The summed E-state index contributed by atoms with van der Waals surface area (Å²) in [5.41, 5.74) is 1.21. The molecule has 0 N–H and O–H groups in total. The first-order chi connectivity index (χ1) is 12.3. The minimum Gasteiger partial charge on any atom is -0.872 e. The minimum absolute atomic E-state index is 0. The van der Waals surface area contributed by atoms with Gasteiger partial charge in [0, 0.05) is 10.5 Å². The number of fused-ring (bicyclic) bond motifs is 1. The van der Waals surface area contributed by atoms with Crippen molar-refractivity contribution in [3.8, 4) is 5.75 Å². The van der Waals surface area contributed by atoms with Gasteiger partial charge in [-0.3, -0.25) is 0 Å². The van der Waals surface area contributed by atoms with Crippen LogP contribution in [0.2, 0.25) is 0 Å². The molecule has 3 rings (SSSR count). The van der Waals surface area contributed by atoms with Crippen LogP contribution >= 0.6 is 19.6 Å². The monoisotopic (exact) mass is 454 g/mol. The summed E-state index contributed by atoms with van der Waals surface area (Å²) in [6.07, 6.45) is 0. The standard InChI is InChI=1S/C19H17O5PS.3Na/c1-13(14-7-8-16-12-17(20)10-9-15(16)11-14)19(24-25(21,22)23)26-18-5-3-2-4-6-18;;;/h2-12,20H,1H3,(H2,21,22,23);;;/q;3*+1/p-3/b19-13+;;;. The summed E-state index contributed by atoms with van der Waals surface area (Å²) >= 11 is 1.06. The molecule has 0 heterocycles. The van der Waals surface area contributed by atoms with Gasteiger partial charge in [0.05, 0.1) is 0 Å². The van der Waals surface area contributed by atoms with E-state index in [-0.39, 0.29) is 99.5 Å². The first-order valence-corrected chi connectivity index (χ1v) is 9.96. The van der Waals surface area contributed by atoms with Crippen molar-refractivity contribution in [2.45, 2.75) is 11.8 Å². The molecule has 5 nitrogen and oxygen atoms in total. The first-order valence-electron chi connectivity index (χ1n) is 7.68. The van der Waals surface area contributed by atoms with E-state index in [0.717, 1.165) is 27.4 Å². The fraction of sp³-hybridized carbons (Fsp3) is 0.0526. The molecule has 0 saturated heterocycles. The van der Waals surface area contributed by atoms with Crippen LogP contribution in [-0.2, 0) is 9.09 Å². The molecule has 0 aliphatic rings. The van der Waals surface area contributed by atoms with E-state index in [1.54, 1.807) is 49.4 Å². The van der Waals surface area contributed by atoms with Gasteiger partial charge in [0.1, 0.15) is 7.82 Å². The van der Waals surface area contributed by atoms with Crippen molar-refractivity contribution in [1.29, 1.82) is 0 Å². The van der Waals surface area contributed by atoms with Gasteiger partial charge >= 0.3 is 88.7 Å². The van der Waals surface area contributed by atoms with Crippen LogP contribution in [0.1, 0.15) is 12.5 Å². The van der Waals surface area contributed by atoms with E-state index in [2.05, 4.69) is 0 Å². The molecule has 3 aromatic carbocycles. The number of hydrogen-bond donors (Lipinski definition) is 0. The van der Waals surface area contributed by atoms with Gasteiger partial charge in [0.2, 0.25) is 0 Å². The van der Waals surface area contributed by atoms with Crippen LogP contribution in [0, 0.1) is 0 Å². The van der Waals surface area contributed by atoms with Gasteiger partial charge in [-0.1, -0.05) is 60.3 Å². The molecule has 0 bridgehead atoms. The largest absolute Gasteiger partial charge is 1.00 e. The molecule has 10 heteroatoms. The molecule has 0 fully saturated rings. The average Bonchev–Trinajstić information content (AvgIpc) is 2.60. The molecule has 3 aromatic rings. The average molecular weight is 454 g/mol. The van der Waals surface area contributed by atoms with E-state index < -0.39 is 7.82 Å². The summed E-state index contributed by atoms with van der Waals surface area (Å²) in [6, 6.07) is 19.1. The van der Waals surface area contributed by atoms with Gasteiger partial charge in [-0.25, -0.2) is 0 Å². The zero-order chi connectivity index (χ0) is 18.7. The van der Waals surface area contributed by atoms with Crippen molar-refractivity contribution >= 4 is 35.9 Å². The summed E-state index contributed by atoms with van der Waals surface area (Å²) in [7, 11) is -5.21. The zero-order valence-corrected chi connectivity index (χ0v) is 24.5. The van der Waals surface area contributed by atoms with Crippen molar-refractivity contribution in [2.24, 2.45) is 0 Å². The zero-order valence-electron chi connectivity index (χ0n) is 16.7. The Morgan fingerprint density at radius 2 is 1.48 bits per heavy atom. The molecule has 0 saturated carbocycles. The van der Waals surface area contributed by atoms with Crippen LogP contribution < -0.4 is 104 Å². The van der Waals surface area contributed by atoms with E-state index >= 15 is 0 Å². The SMILES string of the molecule is C/C(=C(/OP(=O)([O-])[O-])Sc1ccccc1)c1ccc2cc([O-])ccc2c1.[Na+].[Na+].[Na+]. The number of thioether (sulfide) groups is 1. The van der Waals surface area contributed by atoms with E-state index in [9.17, 15) is 19.5 Å². The predicted molar refractivity (Wildman–Crippen MR) is 97.0 cm³/mol. The van der Waals surface area contributed by atoms with Gasteiger partial charge in [-0.15, -0.1) is 5.75 Å². The second-order valence-corrected chi connectivity index (χ2v) is 7.71. The summed E-state index contributed by atoms with van der Waals surface area (Å²) in [4.78, 5) is 23.1. The second kappa shape index (κ2) is 13.3. The van der Waals surface area contributed by atoms with E-state index in [4.69, 9.17) is 4.52 Å². The Hall–Kier alpha value is 0.760. The predicted octanol–water partition coefficient (Wildman–Crippen LogP) is -5.75. The molecular weight excluding hydrogens is 440 g/mol. The van der Waals surface area contributed by atoms with Crippen LogP contribution in [0.4, 0.5) is 0 Å². The van der Waals surface area contributed by atoms with Crippen LogP contribution in [0.3, 0.4) is 0 Å². The molecule has 0 unspecified atom stereocenters. The number of phosphoric acid groups is 1. The molecule has 0 amide bonds. The molecule has 134 valence electrons. The van der Waals surface area contributed by atoms with Gasteiger partial charge in [0.25, 0.3) is 0 Å². The Labute approximate surface area is 240 Å². The molecule has 0 aromatic heterocycles. The van der Waals surface area contributed by atoms with E-state index in [1.807, 2.05) is 12.1 Å². The minimum atomic E-state index is -5.21. The smallest absolute Gasteiger partial charge is 0.872 e.